The highest BCUT2D eigenvalue weighted by atomic mass is 32.1. The average molecular weight is 288 g/mol. The lowest BCUT2D eigenvalue weighted by Gasteiger charge is -2.06. The Morgan fingerprint density at radius 2 is 2.10 bits per heavy atom. The molecule has 1 aromatic heterocycles. The zero-order valence-electron chi connectivity index (χ0n) is 11.2. The summed E-state index contributed by atoms with van der Waals surface area (Å²) < 4.78 is 0. The molecule has 2 rings (SSSR count). The van der Waals surface area contributed by atoms with Crippen LogP contribution in [0.4, 0.5) is 5.69 Å². The normalized spacial score (nSPS) is 10.1. The SMILES string of the molecule is Cc1cccc(NC(=O)CCNC(=O)c2ccsc2)c1. The predicted octanol–water partition coefficient (Wildman–Crippen LogP) is 2.82. The van der Waals surface area contributed by atoms with Gasteiger partial charge in [0.05, 0.1) is 0 Å². The molecule has 0 bridgehead atoms. The van der Waals surface area contributed by atoms with Gasteiger partial charge in [0, 0.05) is 29.6 Å². The minimum Gasteiger partial charge on any atom is -0.351 e. The Labute approximate surface area is 121 Å². The summed E-state index contributed by atoms with van der Waals surface area (Å²) >= 11 is 1.47. The van der Waals surface area contributed by atoms with Crippen LogP contribution in [-0.4, -0.2) is 18.4 Å². The lowest BCUT2D eigenvalue weighted by Crippen LogP contribution is -2.27. The summed E-state index contributed by atoms with van der Waals surface area (Å²) in [7, 11) is 0. The smallest absolute Gasteiger partial charge is 0.252 e. The second-order valence-corrected chi connectivity index (χ2v) is 5.22. The average Bonchev–Trinajstić information content (AvgIpc) is 2.92. The highest BCUT2D eigenvalue weighted by molar-refractivity contribution is 7.08. The van der Waals surface area contributed by atoms with Gasteiger partial charge in [-0.3, -0.25) is 9.59 Å². The number of carbonyl (C=O) groups excluding carboxylic acids is 2. The Bertz CT molecular complexity index is 594. The molecule has 104 valence electrons. The summed E-state index contributed by atoms with van der Waals surface area (Å²) in [5.74, 6) is -0.254. The van der Waals surface area contributed by atoms with Gasteiger partial charge in [-0.15, -0.1) is 0 Å². The van der Waals surface area contributed by atoms with E-state index in [1.165, 1.54) is 11.3 Å². The van der Waals surface area contributed by atoms with Crippen molar-refractivity contribution in [1.82, 2.24) is 5.32 Å². The van der Waals surface area contributed by atoms with Gasteiger partial charge in [-0.25, -0.2) is 0 Å². The molecular weight excluding hydrogens is 272 g/mol. The maximum atomic E-state index is 11.7. The van der Waals surface area contributed by atoms with Crippen LogP contribution < -0.4 is 10.6 Å². The van der Waals surface area contributed by atoms with Crippen molar-refractivity contribution in [3.8, 4) is 0 Å². The number of hydrogen-bond donors (Lipinski definition) is 2. The summed E-state index contributed by atoms with van der Waals surface area (Å²) in [6, 6.07) is 9.36. The molecule has 0 atom stereocenters. The van der Waals surface area contributed by atoms with E-state index >= 15 is 0 Å². The Kier molecular flexibility index (Phi) is 4.90. The zero-order chi connectivity index (χ0) is 14.4. The van der Waals surface area contributed by atoms with E-state index in [1.807, 2.05) is 36.6 Å². The monoisotopic (exact) mass is 288 g/mol. The first-order valence-electron chi connectivity index (χ1n) is 6.32. The third kappa shape index (κ3) is 4.20. The molecule has 0 radical (unpaired) electrons. The molecule has 0 saturated heterocycles. The number of nitrogens with one attached hydrogen (secondary N) is 2. The van der Waals surface area contributed by atoms with Gasteiger partial charge in [0.1, 0.15) is 0 Å². The Morgan fingerprint density at radius 1 is 1.25 bits per heavy atom. The third-order valence-electron chi connectivity index (χ3n) is 2.72. The van der Waals surface area contributed by atoms with E-state index in [0.717, 1.165) is 11.3 Å². The van der Waals surface area contributed by atoms with Gasteiger partial charge in [-0.2, -0.15) is 11.3 Å². The van der Waals surface area contributed by atoms with Gasteiger partial charge in [-0.05, 0) is 36.1 Å². The van der Waals surface area contributed by atoms with Crippen molar-refractivity contribution in [2.45, 2.75) is 13.3 Å². The van der Waals surface area contributed by atoms with Crippen LogP contribution in [0.25, 0.3) is 0 Å². The zero-order valence-corrected chi connectivity index (χ0v) is 12.0. The van der Waals surface area contributed by atoms with E-state index in [4.69, 9.17) is 0 Å². The minimum absolute atomic E-state index is 0.110. The molecule has 0 saturated carbocycles. The number of carbonyl (C=O) groups is 2. The van der Waals surface area contributed by atoms with E-state index in [9.17, 15) is 9.59 Å². The number of rotatable bonds is 5. The molecule has 0 aliphatic carbocycles. The topological polar surface area (TPSA) is 58.2 Å². The lowest BCUT2D eigenvalue weighted by atomic mass is 10.2. The summed E-state index contributed by atoms with van der Waals surface area (Å²) in [5.41, 5.74) is 2.50. The Morgan fingerprint density at radius 3 is 2.80 bits per heavy atom. The van der Waals surface area contributed by atoms with Crippen LogP contribution in [0.15, 0.2) is 41.1 Å². The molecule has 2 aromatic rings. The van der Waals surface area contributed by atoms with E-state index < -0.39 is 0 Å². The van der Waals surface area contributed by atoms with Gasteiger partial charge in [0.25, 0.3) is 5.91 Å². The van der Waals surface area contributed by atoms with E-state index in [1.54, 1.807) is 11.4 Å². The molecule has 4 nitrogen and oxygen atoms in total. The molecule has 1 heterocycles. The van der Waals surface area contributed by atoms with Crippen molar-refractivity contribution in [3.05, 3.63) is 52.2 Å². The first-order chi connectivity index (χ1) is 9.65. The Balaban J connectivity index is 1.74. The van der Waals surface area contributed by atoms with Crippen LogP contribution in [-0.2, 0) is 4.79 Å². The minimum atomic E-state index is -0.144. The highest BCUT2D eigenvalue weighted by Gasteiger charge is 2.07. The molecule has 20 heavy (non-hydrogen) atoms. The van der Waals surface area contributed by atoms with Crippen molar-refractivity contribution in [3.63, 3.8) is 0 Å². The number of amides is 2. The molecule has 0 fully saturated rings. The number of anilines is 1. The standard InChI is InChI=1S/C15H16N2O2S/c1-11-3-2-4-13(9-11)17-14(18)5-7-16-15(19)12-6-8-20-10-12/h2-4,6,8-10H,5,7H2,1H3,(H,16,19)(H,17,18). The van der Waals surface area contributed by atoms with Gasteiger partial charge in [-0.1, -0.05) is 12.1 Å². The molecule has 0 aliphatic heterocycles. The molecule has 0 aliphatic rings. The van der Waals surface area contributed by atoms with E-state index in [0.29, 0.717) is 12.1 Å². The number of aryl methyl sites for hydroxylation is 1. The molecule has 0 spiro atoms. The summed E-state index contributed by atoms with van der Waals surface area (Å²) in [5, 5.41) is 9.15. The highest BCUT2D eigenvalue weighted by Crippen LogP contribution is 2.09. The van der Waals surface area contributed by atoms with Crippen molar-refractivity contribution < 1.29 is 9.59 Å². The van der Waals surface area contributed by atoms with E-state index in [-0.39, 0.29) is 18.2 Å². The van der Waals surface area contributed by atoms with Crippen LogP contribution in [0.1, 0.15) is 22.3 Å². The molecule has 1 aromatic carbocycles. The predicted molar refractivity (Wildman–Crippen MR) is 81.1 cm³/mol. The van der Waals surface area contributed by atoms with Crippen molar-refractivity contribution in [2.24, 2.45) is 0 Å². The maximum Gasteiger partial charge on any atom is 0.252 e. The van der Waals surface area contributed by atoms with E-state index in [2.05, 4.69) is 10.6 Å². The van der Waals surface area contributed by atoms with Crippen LogP contribution in [0.3, 0.4) is 0 Å². The largest absolute Gasteiger partial charge is 0.351 e. The third-order valence-corrected chi connectivity index (χ3v) is 3.41. The molecule has 5 heteroatoms. The molecule has 2 amide bonds. The lowest BCUT2D eigenvalue weighted by molar-refractivity contribution is -0.116. The number of hydrogen-bond acceptors (Lipinski definition) is 3. The second kappa shape index (κ2) is 6.86. The van der Waals surface area contributed by atoms with Crippen molar-refractivity contribution >= 4 is 28.8 Å². The van der Waals surface area contributed by atoms with Gasteiger partial charge >= 0.3 is 0 Å². The second-order valence-electron chi connectivity index (χ2n) is 4.44. The number of thiophene rings is 1. The Hall–Kier alpha value is -2.14. The summed E-state index contributed by atoms with van der Waals surface area (Å²) in [6.07, 6.45) is 0.254. The van der Waals surface area contributed by atoms with Crippen molar-refractivity contribution in [1.29, 1.82) is 0 Å². The maximum absolute atomic E-state index is 11.7. The van der Waals surface area contributed by atoms with Gasteiger partial charge < -0.3 is 10.6 Å². The first-order valence-corrected chi connectivity index (χ1v) is 7.26. The van der Waals surface area contributed by atoms with Crippen LogP contribution in [0.2, 0.25) is 0 Å². The fourth-order valence-electron chi connectivity index (χ4n) is 1.73. The van der Waals surface area contributed by atoms with Crippen LogP contribution >= 0.6 is 11.3 Å². The van der Waals surface area contributed by atoms with Crippen molar-refractivity contribution in [2.75, 3.05) is 11.9 Å². The van der Waals surface area contributed by atoms with Gasteiger partial charge in [0.15, 0.2) is 0 Å². The molecule has 2 N–H and O–H groups in total. The van der Waals surface area contributed by atoms with Gasteiger partial charge in [0.2, 0.25) is 5.91 Å². The quantitative estimate of drug-likeness (QED) is 0.889. The van der Waals surface area contributed by atoms with Crippen LogP contribution in [0.5, 0.6) is 0 Å². The fraction of sp³-hybridized carbons (Fsp3) is 0.200. The molecular formula is C15H16N2O2S. The summed E-state index contributed by atoms with van der Waals surface area (Å²) in [6.45, 7) is 2.29. The molecule has 0 unspecified atom stereocenters. The summed E-state index contributed by atoms with van der Waals surface area (Å²) in [4.78, 5) is 23.4. The fourth-order valence-corrected chi connectivity index (χ4v) is 2.37. The number of benzene rings is 1. The van der Waals surface area contributed by atoms with Crippen LogP contribution in [0, 0.1) is 6.92 Å². The first kappa shape index (κ1) is 14.3.